The van der Waals surface area contributed by atoms with E-state index in [1.165, 1.54) is 36.4 Å². The van der Waals surface area contributed by atoms with Crippen LogP contribution in [-0.4, -0.2) is 13.2 Å². The fraction of sp³-hybridized carbons (Fsp3) is 0.286. The second-order valence-electron chi connectivity index (χ2n) is 10.9. The number of alkyl halides is 2. The van der Waals surface area contributed by atoms with Crippen molar-refractivity contribution in [1.82, 2.24) is 0 Å². The molecular formula is C35H29F6NO3. The van der Waals surface area contributed by atoms with Crippen LogP contribution in [-0.2, 0) is 15.6 Å². The van der Waals surface area contributed by atoms with Crippen molar-refractivity contribution < 1.29 is 40.6 Å². The lowest BCUT2D eigenvalue weighted by Gasteiger charge is -2.30. The quantitative estimate of drug-likeness (QED) is 0.130. The van der Waals surface area contributed by atoms with Gasteiger partial charge in [0.1, 0.15) is 40.7 Å². The molecule has 234 valence electrons. The molecule has 0 saturated carbocycles. The molecule has 5 rings (SSSR count). The van der Waals surface area contributed by atoms with Crippen LogP contribution in [0, 0.1) is 40.5 Å². The van der Waals surface area contributed by atoms with Crippen molar-refractivity contribution in [2.45, 2.75) is 45.0 Å². The van der Waals surface area contributed by atoms with Crippen LogP contribution >= 0.6 is 0 Å². The van der Waals surface area contributed by atoms with Crippen LogP contribution in [0.5, 0.6) is 5.75 Å². The molecule has 0 unspecified atom stereocenters. The maximum atomic E-state index is 15.0. The van der Waals surface area contributed by atoms with E-state index in [9.17, 15) is 17.6 Å². The highest BCUT2D eigenvalue weighted by atomic mass is 19.3. The third-order valence-electron chi connectivity index (χ3n) is 7.61. The summed E-state index contributed by atoms with van der Waals surface area (Å²) in [5.41, 5.74) is -0.617. The van der Waals surface area contributed by atoms with Crippen molar-refractivity contribution in [3.05, 3.63) is 113 Å². The van der Waals surface area contributed by atoms with Gasteiger partial charge in [-0.15, -0.1) is 0 Å². The van der Waals surface area contributed by atoms with Crippen LogP contribution in [0.15, 0.2) is 72.8 Å². The highest BCUT2D eigenvalue weighted by Crippen LogP contribution is 2.38. The number of hydrogen-bond donors (Lipinski definition) is 0. The third kappa shape index (κ3) is 7.32. The van der Waals surface area contributed by atoms with Gasteiger partial charge in [0, 0.05) is 17.0 Å². The molecule has 0 bridgehead atoms. The lowest BCUT2D eigenvalue weighted by molar-refractivity contribution is -0.206. The molecule has 0 N–H and O–H groups in total. The molecule has 4 aromatic rings. The predicted octanol–water partition coefficient (Wildman–Crippen LogP) is 9.82. The van der Waals surface area contributed by atoms with E-state index in [0.29, 0.717) is 24.3 Å². The Morgan fingerprint density at radius 1 is 0.778 bits per heavy atom. The average Bonchev–Trinajstić information content (AvgIpc) is 3.01. The summed E-state index contributed by atoms with van der Waals surface area (Å²) < 4.78 is 105. The van der Waals surface area contributed by atoms with Gasteiger partial charge in [-0.2, -0.15) is 14.0 Å². The SMILES string of the molecule is CCCCCC1COC(c2cc(F)c(C(F)(F)Oc3ccc(-c4ccc(-c5ccc(C#N)c(F)c5)c(F)c4)cc3)c(F)c2)OC1. The molecule has 1 aliphatic heterocycles. The average molecular weight is 626 g/mol. The Morgan fingerprint density at radius 3 is 2.00 bits per heavy atom. The van der Waals surface area contributed by atoms with Gasteiger partial charge < -0.3 is 14.2 Å². The Kier molecular flexibility index (Phi) is 9.80. The van der Waals surface area contributed by atoms with Crippen LogP contribution in [0.25, 0.3) is 22.3 Å². The topological polar surface area (TPSA) is 51.5 Å². The van der Waals surface area contributed by atoms with E-state index in [1.54, 1.807) is 12.1 Å². The summed E-state index contributed by atoms with van der Waals surface area (Å²) in [6, 6.07) is 16.2. The van der Waals surface area contributed by atoms with Gasteiger partial charge in [0.05, 0.1) is 18.8 Å². The number of hydrogen-bond acceptors (Lipinski definition) is 4. The summed E-state index contributed by atoms with van der Waals surface area (Å²) in [5.74, 6) is -4.70. The highest BCUT2D eigenvalue weighted by Gasteiger charge is 2.42. The Labute approximate surface area is 256 Å². The number of rotatable bonds is 10. The Morgan fingerprint density at radius 2 is 1.40 bits per heavy atom. The maximum Gasteiger partial charge on any atom is 0.432 e. The first kappa shape index (κ1) is 32.1. The summed E-state index contributed by atoms with van der Waals surface area (Å²) in [5, 5.41) is 8.89. The summed E-state index contributed by atoms with van der Waals surface area (Å²) in [6.45, 7) is 2.77. The van der Waals surface area contributed by atoms with Crippen LogP contribution in [0.3, 0.4) is 0 Å². The molecule has 0 amide bonds. The third-order valence-corrected chi connectivity index (χ3v) is 7.61. The lowest BCUT2D eigenvalue weighted by atomic mass is 9.99. The Balaban J connectivity index is 1.26. The fourth-order valence-corrected chi connectivity index (χ4v) is 5.21. The largest absolute Gasteiger partial charge is 0.432 e. The van der Waals surface area contributed by atoms with E-state index in [2.05, 4.69) is 6.92 Å². The molecule has 1 heterocycles. The van der Waals surface area contributed by atoms with Gasteiger partial charge in [0.15, 0.2) is 6.29 Å². The first-order chi connectivity index (χ1) is 21.6. The van der Waals surface area contributed by atoms with Crippen LogP contribution < -0.4 is 4.74 Å². The second-order valence-corrected chi connectivity index (χ2v) is 10.9. The molecule has 0 radical (unpaired) electrons. The minimum Gasteiger partial charge on any atom is -0.429 e. The predicted molar refractivity (Wildman–Crippen MR) is 155 cm³/mol. The monoisotopic (exact) mass is 625 g/mol. The van der Waals surface area contributed by atoms with Crippen LogP contribution in [0.1, 0.15) is 55.6 Å². The minimum absolute atomic E-state index is 0.0523. The molecule has 4 aromatic carbocycles. The van der Waals surface area contributed by atoms with E-state index in [0.717, 1.165) is 56.0 Å². The number of unbranched alkanes of at least 4 members (excludes halogenated alkanes) is 2. The maximum absolute atomic E-state index is 15.0. The zero-order valence-corrected chi connectivity index (χ0v) is 24.3. The van der Waals surface area contributed by atoms with Crippen molar-refractivity contribution in [2.24, 2.45) is 5.92 Å². The van der Waals surface area contributed by atoms with E-state index in [-0.39, 0.29) is 33.9 Å². The summed E-state index contributed by atoms with van der Waals surface area (Å²) in [6.07, 6.45) is -1.36. The minimum atomic E-state index is -4.36. The molecule has 0 atom stereocenters. The standard InChI is InChI=1S/C35H29F6NO3/c1-2-3-4-5-21-19-43-34(44-20-21)26-16-31(38)33(32(39)17-26)35(40,41)45-27-11-8-22(9-12-27)23-10-13-28(30(37)14-23)24-6-7-25(18-42)29(36)15-24/h6-17,21,34H,2-5,19-20H2,1H3. The van der Waals surface area contributed by atoms with Gasteiger partial charge in [-0.25, -0.2) is 17.6 Å². The van der Waals surface area contributed by atoms with E-state index >= 15 is 8.78 Å². The second kappa shape index (κ2) is 13.8. The van der Waals surface area contributed by atoms with E-state index in [1.807, 2.05) is 0 Å². The molecule has 0 aromatic heterocycles. The lowest BCUT2D eigenvalue weighted by Crippen LogP contribution is -2.28. The van der Waals surface area contributed by atoms with Crippen molar-refractivity contribution >= 4 is 0 Å². The molecule has 10 heteroatoms. The summed E-state index contributed by atoms with van der Waals surface area (Å²) >= 11 is 0. The van der Waals surface area contributed by atoms with E-state index in [4.69, 9.17) is 19.5 Å². The molecule has 1 aliphatic rings. The Bertz CT molecular complexity index is 1670. The zero-order chi connectivity index (χ0) is 32.1. The summed E-state index contributed by atoms with van der Waals surface area (Å²) in [4.78, 5) is 0. The van der Waals surface area contributed by atoms with Gasteiger partial charge >= 0.3 is 6.11 Å². The van der Waals surface area contributed by atoms with Gasteiger partial charge in [-0.1, -0.05) is 56.5 Å². The van der Waals surface area contributed by atoms with Crippen LogP contribution in [0.4, 0.5) is 26.3 Å². The number of nitriles is 1. The van der Waals surface area contributed by atoms with Crippen molar-refractivity contribution in [3.8, 4) is 34.1 Å². The smallest absolute Gasteiger partial charge is 0.429 e. The van der Waals surface area contributed by atoms with Gasteiger partial charge in [0.2, 0.25) is 0 Å². The summed E-state index contributed by atoms with van der Waals surface area (Å²) in [7, 11) is 0. The molecule has 45 heavy (non-hydrogen) atoms. The first-order valence-corrected chi connectivity index (χ1v) is 14.5. The molecule has 0 aliphatic carbocycles. The molecule has 4 nitrogen and oxygen atoms in total. The Hall–Kier alpha value is -4.33. The van der Waals surface area contributed by atoms with Crippen molar-refractivity contribution in [1.29, 1.82) is 5.26 Å². The van der Waals surface area contributed by atoms with Gasteiger partial charge in [-0.05, 0) is 65.6 Å². The first-order valence-electron chi connectivity index (χ1n) is 14.5. The fourth-order valence-electron chi connectivity index (χ4n) is 5.21. The highest BCUT2D eigenvalue weighted by molar-refractivity contribution is 5.71. The normalized spacial score (nSPS) is 16.8. The van der Waals surface area contributed by atoms with Crippen LogP contribution in [0.2, 0.25) is 0 Å². The molecule has 1 saturated heterocycles. The number of benzene rings is 4. The van der Waals surface area contributed by atoms with Gasteiger partial charge in [-0.3, -0.25) is 0 Å². The number of ether oxygens (including phenoxy) is 3. The zero-order valence-electron chi connectivity index (χ0n) is 24.3. The van der Waals surface area contributed by atoms with Crippen molar-refractivity contribution in [3.63, 3.8) is 0 Å². The number of nitrogens with zero attached hydrogens (tertiary/aromatic N) is 1. The van der Waals surface area contributed by atoms with Gasteiger partial charge in [0.25, 0.3) is 0 Å². The molecule has 0 spiro atoms. The van der Waals surface area contributed by atoms with Crippen molar-refractivity contribution in [2.75, 3.05) is 13.2 Å². The van der Waals surface area contributed by atoms with E-state index < -0.39 is 41.2 Å². The molecular weight excluding hydrogens is 596 g/mol. The number of halogens is 6. The molecule has 1 fully saturated rings.